The van der Waals surface area contributed by atoms with Crippen molar-refractivity contribution in [2.45, 2.75) is 0 Å². The maximum absolute atomic E-state index is 12.9. The van der Waals surface area contributed by atoms with Gasteiger partial charge in [0.05, 0.1) is 11.6 Å². The topological polar surface area (TPSA) is 48.8 Å². The number of hydrogen-bond donors (Lipinski definition) is 0. The molecule has 3 nitrogen and oxygen atoms in total. The first-order chi connectivity index (χ1) is 6.74. The third-order valence-electron chi connectivity index (χ3n) is 1.37. The molecular weight excluding hydrogens is 205 g/mol. The minimum absolute atomic E-state index is 0.0607. The van der Waals surface area contributed by atoms with Gasteiger partial charge in [0.1, 0.15) is 5.82 Å². The van der Waals surface area contributed by atoms with E-state index in [0.29, 0.717) is 5.56 Å². The van der Waals surface area contributed by atoms with Crippen LogP contribution in [0.25, 0.3) is 10.4 Å². The van der Waals surface area contributed by atoms with E-state index in [1.54, 1.807) is 6.07 Å². The summed E-state index contributed by atoms with van der Waals surface area (Å²) in [6.45, 7) is 0.0702. The van der Waals surface area contributed by atoms with Gasteiger partial charge in [-0.1, -0.05) is 28.6 Å². The Bertz CT molecular complexity index is 441. The molecule has 0 spiro atoms. The molecule has 0 unspecified atom stereocenters. The summed E-state index contributed by atoms with van der Waals surface area (Å²) in [6.07, 6.45) is 0. The Kier molecular flexibility index (Phi) is 3.81. The van der Waals surface area contributed by atoms with Gasteiger partial charge >= 0.3 is 0 Å². The lowest BCUT2D eigenvalue weighted by atomic mass is 10.2. The average Bonchev–Trinajstić information content (AvgIpc) is 2.18. The van der Waals surface area contributed by atoms with Crippen LogP contribution in [0.4, 0.5) is 4.39 Å². The summed E-state index contributed by atoms with van der Waals surface area (Å²) in [7, 11) is 0. The second-order valence-electron chi connectivity index (χ2n) is 2.32. The van der Waals surface area contributed by atoms with Crippen LogP contribution in [0, 0.1) is 17.7 Å². The lowest BCUT2D eigenvalue weighted by Crippen LogP contribution is -1.80. The summed E-state index contributed by atoms with van der Waals surface area (Å²) >= 11 is 5.47. The van der Waals surface area contributed by atoms with E-state index in [9.17, 15) is 4.39 Å². The van der Waals surface area contributed by atoms with Crippen molar-refractivity contribution in [1.82, 2.24) is 0 Å². The predicted octanol–water partition coefficient (Wildman–Crippen LogP) is 3.14. The quantitative estimate of drug-likeness (QED) is 0.295. The molecule has 14 heavy (non-hydrogen) atoms. The van der Waals surface area contributed by atoms with Crippen LogP contribution >= 0.6 is 11.6 Å². The van der Waals surface area contributed by atoms with Crippen LogP contribution in [0.15, 0.2) is 23.3 Å². The first-order valence-corrected chi connectivity index (χ1v) is 4.06. The third kappa shape index (κ3) is 2.98. The van der Waals surface area contributed by atoms with E-state index in [1.807, 2.05) is 0 Å². The van der Waals surface area contributed by atoms with Gasteiger partial charge in [0.2, 0.25) is 0 Å². The predicted molar refractivity (Wildman–Crippen MR) is 52.3 cm³/mol. The highest BCUT2D eigenvalue weighted by Crippen LogP contribution is 2.14. The molecule has 0 aromatic heterocycles. The van der Waals surface area contributed by atoms with Crippen molar-refractivity contribution in [3.63, 3.8) is 0 Å². The van der Waals surface area contributed by atoms with E-state index < -0.39 is 5.82 Å². The molecule has 0 bridgehead atoms. The van der Waals surface area contributed by atoms with Crippen LogP contribution in [0.2, 0.25) is 5.02 Å². The van der Waals surface area contributed by atoms with E-state index >= 15 is 0 Å². The van der Waals surface area contributed by atoms with Gasteiger partial charge in [0, 0.05) is 10.5 Å². The normalized spacial score (nSPS) is 8.43. The Morgan fingerprint density at radius 2 is 2.36 bits per heavy atom. The number of rotatable bonds is 1. The van der Waals surface area contributed by atoms with Gasteiger partial charge in [0.15, 0.2) is 0 Å². The van der Waals surface area contributed by atoms with Gasteiger partial charge in [-0.3, -0.25) is 0 Å². The van der Waals surface area contributed by atoms with Crippen molar-refractivity contribution in [3.8, 4) is 11.8 Å². The second-order valence-corrected chi connectivity index (χ2v) is 2.73. The van der Waals surface area contributed by atoms with Gasteiger partial charge in [-0.2, -0.15) is 0 Å². The molecule has 0 radical (unpaired) electrons. The van der Waals surface area contributed by atoms with Crippen LogP contribution in [0.3, 0.4) is 0 Å². The summed E-state index contributed by atoms with van der Waals surface area (Å²) in [5, 5.41) is 3.27. The summed E-state index contributed by atoms with van der Waals surface area (Å²) in [5.74, 6) is 4.69. The fourth-order valence-electron chi connectivity index (χ4n) is 0.782. The van der Waals surface area contributed by atoms with Crippen molar-refractivity contribution in [2.75, 3.05) is 6.54 Å². The molecule has 0 saturated heterocycles. The lowest BCUT2D eigenvalue weighted by molar-refractivity contribution is 0.628. The first-order valence-electron chi connectivity index (χ1n) is 3.69. The van der Waals surface area contributed by atoms with E-state index in [4.69, 9.17) is 17.1 Å². The van der Waals surface area contributed by atoms with Gasteiger partial charge in [-0.25, -0.2) is 4.39 Å². The summed E-state index contributed by atoms with van der Waals surface area (Å²) in [6, 6.07) is 4.24. The number of hydrogen-bond acceptors (Lipinski definition) is 1. The zero-order valence-electron chi connectivity index (χ0n) is 7.04. The summed E-state index contributed by atoms with van der Waals surface area (Å²) < 4.78 is 12.9. The minimum Gasteiger partial charge on any atom is -0.205 e. The van der Waals surface area contributed by atoms with E-state index in [-0.39, 0.29) is 11.6 Å². The highest BCUT2D eigenvalue weighted by atomic mass is 35.5. The Hall–Kier alpha value is -1.69. The molecule has 0 amide bonds. The van der Waals surface area contributed by atoms with E-state index in [0.717, 1.165) is 0 Å². The van der Waals surface area contributed by atoms with Gasteiger partial charge in [-0.15, -0.1) is 0 Å². The highest BCUT2D eigenvalue weighted by Gasteiger charge is 1.97. The molecule has 1 aromatic rings. The molecule has 0 aliphatic rings. The number of benzene rings is 1. The molecule has 70 valence electrons. The summed E-state index contributed by atoms with van der Waals surface area (Å²) in [4.78, 5) is 2.53. The Labute approximate surface area is 85.1 Å². The van der Waals surface area contributed by atoms with Crippen LogP contribution in [0.1, 0.15) is 5.56 Å². The molecule has 0 aliphatic heterocycles. The largest absolute Gasteiger partial charge is 0.205 e. The molecular formula is C9H5ClFN3. The van der Waals surface area contributed by atoms with Crippen LogP contribution in [-0.2, 0) is 0 Å². The number of halogens is 2. The molecule has 0 atom stereocenters. The van der Waals surface area contributed by atoms with Gasteiger partial charge in [0.25, 0.3) is 0 Å². The van der Waals surface area contributed by atoms with Crippen molar-refractivity contribution >= 4 is 11.6 Å². The minimum atomic E-state index is -0.512. The molecule has 0 heterocycles. The smallest absolute Gasteiger partial charge is 0.143 e. The lowest BCUT2D eigenvalue weighted by Gasteiger charge is -1.93. The Morgan fingerprint density at radius 1 is 1.57 bits per heavy atom. The van der Waals surface area contributed by atoms with Gasteiger partial charge in [-0.05, 0) is 23.7 Å². The first kappa shape index (κ1) is 10.4. The number of azide groups is 1. The molecule has 0 N–H and O–H groups in total. The highest BCUT2D eigenvalue weighted by molar-refractivity contribution is 6.30. The molecule has 5 heteroatoms. The van der Waals surface area contributed by atoms with E-state index in [2.05, 4.69) is 21.9 Å². The fraction of sp³-hybridized carbons (Fsp3) is 0.111. The Morgan fingerprint density at radius 3 is 3.00 bits per heavy atom. The van der Waals surface area contributed by atoms with Crippen LogP contribution < -0.4 is 0 Å². The monoisotopic (exact) mass is 209 g/mol. The van der Waals surface area contributed by atoms with Crippen molar-refractivity contribution in [3.05, 3.63) is 45.0 Å². The molecule has 1 aromatic carbocycles. The SMILES string of the molecule is [N-]=[N+]=NCC#Cc1ccc(Cl)c(F)c1. The fourth-order valence-corrected chi connectivity index (χ4v) is 0.900. The maximum atomic E-state index is 12.9. The molecule has 1 rings (SSSR count). The molecule has 0 saturated carbocycles. The second kappa shape index (κ2) is 5.13. The van der Waals surface area contributed by atoms with Crippen LogP contribution in [0.5, 0.6) is 0 Å². The van der Waals surface area contributed by atoms with Crippen molar-refractivity contribution in [1.29, 1.82) is 0 Å². The van der Waals surface area contributed by atoms with Crippen molar-refractivity contribution < 1.29 is 4.39 Å². The van der Waals surface area contributed by atoms with Crippen LogP contribution in [-0.4, -0.2) is 6.54 Å². The number of nitrogens with zero attached hydrogens (tertiary/aromatic N) is 3. The molecule has 0 aliphatic carbocycles. The summed E-state index contributed by atoms with van der Waals surface area (Å²) in [5.41, 5.74) is 8.46. The van der Waals surface area contributed by atoms with Gasteiger partial charge < -0.3 is 0 Å². The standard InChI is InChI=1S/C9H5ClFN3/c10-8-4-3-7(6-9(8)11)2-1-5-13-14-12/h3-4,6H,5H2. The average molecular weight is 210 g/mol. The third-order valence-corrected chi connectivity index (χ3v) is 1.67. The maximum Gasteiger partial charge on any atom is 0.143 e. The van der Waals surface area contributed by atoms with Crippen molar-refractivity contribution in [2.24, 2.45) is 5.11 Å². The zero-order chi connectivity index (χ0) is 10.4. The Balaban J connectivity index is 2.80. The van der Waals surface area contributed by atoms with E-state index in [1.165, 1.54) is 12.1 Å². The zero-order valence-corrected chi connectivity index (χ0v) is 7.79. The molecule has 0 fully saturated rings.